The van der Waals surface area contributed by atoms with E-state index in [4.69, 9.17) is 27.8 Å². The average Bonchev–Trinajstić information content (AvgIpc) is 3.16. The fourth-order valence-corrected chi connectivity index (χ4v) is 3.71. The van der Waals surface area contributed by atoms with E-state index in [2.05, 4.69) is 0 Å². The Labute approximate surface area is 179 Å². The number of fused-ring (bicyclic) bond motifs is 1. The van der Waals surface area contributed by atoms with Gasteiger partial charge in [-0.3, -0.25) is 9.59 Å². The van der Waals surface area contributed by atoms with Crippen LogP contribution in [0.3, 0.4) is 0 Å². The van der Waals surface area contributed by atoms with E-state index in [1.165, 1.54) is 12.1 Å². The first-order valence-electron chi connectivity index (χ1n) is 8.52. The molecular formula is C19H20HgO9. The summed E-state index contributed by atoms with van der Waals surface area (Å²) < 4.78 is 20.0. The molecule has 0 unspecified atom stereocenters. The van der Waals surface area contributed by atoms with Crippen molar-refractivity contribution in [1.82, 2.24) is 0 Å². The van der Waals surface area contributed by atoms with Gasteiger partial charge in [0.2, 0.25) is 6.79 Å². The van der Waals surface area contributed by atoms with Crippen LogP contribution in [0, 0.1) is 0 Å². The van der Waals surface area contributed by atoms with Gasteiger partial charge >= 0.3 is 88.8 Å². The molecule has 0 atom stereocenters. The van der Waals surface area contributed by atoms with Crippen LogP contribution in [0.4, 0.5) is 0 Å². The van der Waals surface area contributed by atoms with Crippen LogP contribution < -0.4 is 12.5 Å². The Hall–Kier alpha value is -2.65. The van der Waals surface area contributed by atoms with Gasteiger partial charge in [0, 0.05) is 6.42 Å². The molecule has 4 N–H and O–H groups in total. The number of carboxylic acid groups (broad SMARTS) is 3. The molecule has 0 bridgehead atoms. The molecule has 0 amide bonds. The van der Waals surface area contributed by atoms with Gasteiger partial charge in [0.05, 0.1) is 6.42 Å². The van der Waals surface area contributed by atoms with Crippen LogP contribution >= 0.6 is 0 Å². The van der Waals surface area contributed by atoms with Crippen molar-refractivity contribution in [2.75, 3.05) is 6.79 Å². The van der Waals surface area contributed by atoms with E-state index in [9.17, 15) is 14.4 Å². The van der Waals surface area contributed by atoms with Crippen molar-refractivity contribution in [3.8, 4) is 11.5 Å². The molecule has 0 aliphatic carbocycles. The molecule has 1 aliphatic heterocycles. The molecule has 1 aliphatic rings. The number of hydrogen-bond acceptors (Lipinski definition) is 6. The Morgan fingerprint density at radius 1 is 0.931 bits per heavy atom. The number of ether oxygens (including phenoxy) is 2. The zero-order valence-corrected chi connectivity index (χ0v) is 21.2. The maximum atomic E-state index is 10.4. The van der Waals surface area contributed by atoms with Gasteiger partial charge in [-0.1, -0.05) is 13.0 Å². The first-order chi connectivity index (χ1) is 13.8. The summed E-state index contributed by atoms with van der Waals surface area (Å²) in [6, 6.07) is 11.6. The number of rotatable bonds is 5. The third-order valence-corrected chi connectivity index (χ3v) is 6.73. The summed E-state index contributed by atoms with van der Waals surface area (Å²) >= 11 is -1.79. The molecule has 0 spiro atoms. The number of hydrogen-bond donors (Lipinski definition) is 4. The van der Waals surface area contributed by atoms with Gasteiger partial charge in [-0.15, -0.1) is 0 Å². The van der Waals surface area contributed by atoms with Gasteiger partial charge in [0.15, 0.2) is 11.5 Å². The molecule has 0 radical (unpaired) electrons. The Balaban J connectivity index is 0.000000240. The Kier molecular flexibility index (Phi) is 10.7. The Morgan fingerprint density at radius 3 is 2.00 bits per heavy atom. The topological polar surface area (TPSA) is 151 Å². The minimum atomic E-state index is -1.79. The van der Waals surface area contributed by atoms with E-state index >= 15 is 0 Å². The van der Waals surface area contributed by atoms with Gasteiger partial charge in [-0.25, -0.2) is 0 Å². The molecule has 3 rings (SSSR count). The third-order valence-electron chi connectivity index (χ3n) is 3.48. The van der Waals surface area contributed by atoms with Crippen molar-refractivity contribution in [2.45, 2.75) is 19.8 Å². The van der Waals surface area contributed by atoms with Gasteiger partial charge in [0.1, 0.15) is 0 Å². The fraction of sp³-hybridized carbons (Fsp3) is 0.211. The van der Waals surface area contributed by atoms with Crippen LogP contribution in [0.5, 0.6) is 11.5 Å². The van der Waals surface area contributed by atoms with E-state index in [1.54, 1.807) is 37.3 Å². The summed E-state index contributed by atoms with van der Waals surface area (Å²) in [5.74, 6) is -1.22. The SMILES string of the molecule is CCC(=O)O.O=C(O)Cc1ccc2c(c1)OCO2.O=C(O)c1cc[c]([Hg][OH])cc1. The van der Waals surface area contributed by atoms with Crippen LogP contribution in [0.15, 0.2) is 42.5 Å². The first-order valence-corrected chi connectivity index (χ1v) is 13.7. The quantitative estimate of drug-likeness (QED) is 0.379. The van der Waals surface area contributed by atoms with E-state index in [-0.39, 0.29) is 25.2 Å². The van der Waals surface area contributed by atoms with E-state index in [1.807, 2.05) is 0 Å². The van der Waals surface area contributed by atoms with Gasteiger partial charge in [-0.05, 0) is 17.7 Å². The Bertz CT molecular complexity index is 834. The second-order valence-corrected chi connectivity index (χ2v) is 10.1. The minimum absolute atomic E-state index is 0.0106. The monoisotopic (exact) mass is 594 g/mol. The summed E-state index contributed by atoms with van der Waals surface area (Å²) in [5.41, 5.74) is 0.993. The van der Waals surface area contributed by atoms with Crippen LogP contribution in [0.1, 0.15) is 29.3 Å². The molecule has 0 saturated heterocycles. The Morgan fingerprint density at radius 2 is 1.52 bits per heavy atom. The molecule has 1 heterocycles. The zero-order valence-electron chi connectivity index (χ0n) is 15.7. The zero-order chi connectivity index (χ0) is 21.8. The first kappa shape index (κ1) is 24.4. The van der Waals surface area contributed by atoms with Gasteiger partial charge in [-0.2, -0.15) is 0 Å². The van der Waals surface area contributed by atoms with Gasteiger partial charge in [0.25, 0.3) is 0 Å². The second kappa shape index (κ2) is 12.7. The number of carboxylic acids is 3. The third kappa shape index (κ3) is 9.39. The normalized spacial score (nSPS) is 10.4. The molecule has 0 aromatic heterocycles. The van der Waals surface area contributed by atoms with Crippen molar-refractivity contribution in [1.29, 1.82) is 0 Å². The average molecular weight is 593 g/mol. The standard InChI is InChI=1S/C9H8O4.C7H5O2.C3H6O2.Hg.H2O/c10-9(11)4-6-1-2-7-8(3-6)13-5-12-7;8-7(9)6-4-2-1-3-5-6;1-2-3(4)5;;/h1-3H,4-5H2,(H,10,11);2-5H,(H,8,9);2H2,1H3,(H,4,5);;1H2/q;;;+1;/p-1. The number of benzene rings is 2. The molecule has 29 heavy (non-hydrogen) atoms. The number of carbonyl (C=O) groups is 3. The van der Waals surface area contributed by atoms with Crippen LogP contribution in [-0.2, 0) is 41.0 Å². The number of aliphatic carboxylic acids is 2. The molecular weight excluding hydrogens is 573 g/mol. The molecule has 0 saturated carbocycles. The van der Waals surface area contributed by atoms with Crippen LogP contribution in [0.25, 0.3) is 0 Å². The molecule has 10 heteroatoms. The van der Waals surface area contributed by atoms with Crippen molar-refractivity contribution in [3.05, 3.63) is 53.6 Å². The fourth-order valence-electron chi connectivity index (χ4n) is 1.98. The van der Waals surface area contributed by atoms with E-state index < -0.39 is 42.9 Å². The summed E-state index contributed by atoms with van der Waals surface area (Å²) in [4.78, 5) is 30.1. The van der Waals surface area contributed by atoms with Crippen molar-refractivity contribution >= 4 is 21.0 Å². The predicted octanol–water partition coefficient (Wildman–Crippen LogP) is 1.52. The van der Waals surface area contributed by atoms with E-state index in [0.29, 0.717) is 11.5 Å². The molecule has 9 nitrogen and oxygen atoms in total. The van der Waals surface area contributed by atoms with Crippen LogP contribution in [-0.4, -0.2) is 43.0 Å². The number of aromatic carboxylic acids is 1. The van der Waals surface area contributed by atoms with Crippen molar-refractivity contribution < 1.29 is 67.2 Å². The summed E-state index contributed by atoms with van der Waals surface area (Å²) in [5, 5.41) is 24.8. The second-order valence-electron chi connectivity index (χ2n) is 5.67. The molecule has 0 fully saturated rings. The van der Waals surface area contributed by atoms with Crippen LogP contribution in [0.2, 0.25) is 0 Å². The summed E-state index contributed by atoms with van der Waals surface area (Å²) in [7, 11) is 0. The predicted molar refractivity (Wildman–Crippen MR) is 97.1 cm³/mol. The maximum absolute atomic E-state index is 10.4. The summed E-state index contributed by atoms with van der Waals surface area (Å²) in [6.45, 7) is 1.81. The molecule has 152 valence electrons. The van der Waals surface area contributed by atoms with Crippen molar-refractivity contribution in [2.24, 2.45) is 0 Å². The molecule has 2 aromatic rings. The summed E-state index contributed by atoms with van der Waals surface area (Å²) in [6.07, 6.45) is 0.233. The van der Waals surface area contributed by atoms with Gasteiger partial charge < -0.3 is 19.7 Å². The van der Waals surface area contributed by atoms with E-state index in [0.717, 1.165) is 8.64 Å². The van der Waals surface area contributed by atoms with Crippen molar-refractivity contribution in [3.63, 3.8) is 0 Å². The molecule has 2 aromatic carbocycles.